The lowest BCUT2D eigenvalue weighted by molar-refractivity contribution is 0.580. The molecule has 1 aliphatic heterocycles. The van der Waals surface area contributed by atoms with Gasteiger partial charge in [0.05, 0.1) is 10.6 Å². The molecule has 3 aromatic rings. The maximum Gasteiger partial charge on any atom is 0.228 e. The second-order valence-corrected chi connectivity index (χ2v) is 10.2. The molecule has 3 N–H and O–H groups in total. The molecule has 1 saturated heterocycles. The predicted octanol–water partition coefficient (Wildman–Crippen LogP) is 1.80. The highest BCUT2D eigenvalue weighted by Gasteiger charge is 2.23. The van der Waals surface area contributed by atoms with E-state index in [9.17, 15) is 8.42 Å². The molecule has 32 heavy (non-hydrogen) atoms. The van der Waals surface area contributed by atoms with Gasteiger partial charge in [0.2, 0.25) is 5.95 Å². The van der Waals surface area contributed by atoms with Crippen LogP contribution < -0.4 is 20.9 Å². The number of sulfone groups is 1. The van der Waals surface area contributed by atoms with Gasteiger partial charge in [-0.2, -0.15) is 4.98 Å². The molecule has 0 spiro atoms. The fraction of sp³-hybridized carbons (Fsp3) is 0.429. The Morgan fingerprint density at radius 3 is 2.59 bits per heavy atom. The Morgan fingerprint density at radius 1 is 1.06 bits per heavy atom. The minimum atomic E-state index is -3.43. The molecule has 0 unspecified atom stereocenters. The van der Waals surface area contributed by atoms with Gasteiger partial charge in [-0.25, -0.2) is 23.4 Å². The van der Waals surface area contributed by atoms with E-state index in [4.69, 9.17) is 9.97 Å². The van der Waals surface area contributed by atoms with E-state index in [1.54, 1.807) is 24.3 Å². The van der Waals surface area contributed by atoms with Gasteiger partial charge >= 0.3 is 0 Å². The van der Waals surface area contributed by atoms with Crippen molar-refractivity contribution >= 4 is 44.1 Å². The monoisotopic (exact) mass is 454 g/mol. The van der Waals surface area contributed by atoms with Gasteiger partial charge in [0, 0.05) is 39.0 Å². The minimum Gasteiger partial charge on any atom is -0.368 e. The van der Waals surface area contributed by atoms with Crippen molar-refractivity contribution < 1.29 is 8.42 Å². The number of nitrogens with one attached hydrogen (secondary N) is 3. The van der Waals surface area contributed by atoms with Crippen molar-refractivity contribution in [3.8, 4) is 0 Å². The first-order chi connectivity index (χ1) is 15.5. The third-order valence-electron chi connectivity index (χ3n) is 5.66. The van der Waals surface area contributed by atoms with E-state index in [1.165, 1.54) is 25.4 Å². The largest absolute Gasteiger partial charge is 0.368 e. The van der Waals surface area contributed by atoms with Crippen LogP contribution in [0.3, 0.4) is 0 Å². The molecule has 2 aromatic heterocycles. The van der Waals surface area contributed by atoms with Gasteiger partial charge in [-0.3, -0.25) is 0 Å². The van der Waals surface area contributed by atoms with Crippen LogP contribution in [0.25, 0.3) is 11.0 Å². The smallest absolute Gasteiger partial charge is 0.228 e. The Morgan fingerprint density at radius 2 is 1.84 bits per heavy atom. The summed E-state index contributed by atoms with van der Waals surface area (Å²) < 4.78 is 24.6. The molecule has 11 heteroatoms. The van der Waals surface area contributed by atoms with E-state index < -0.39 is 9.84 Å². The zero-order valence-corrected chi connectivity index (χ0v) is 18.7. The lowest BCUT2D eigenvalue weighted by Gasteiger charge is -2.28. The molecule has 3 heterocycles. The number of aromatic nitrogens is 4. The molecule has 0 bridgehead atoms. The number of hydrogen-bond acceptors (Lipinski definition) is 10. The van der Waals surface area contributed by atoms with Gasteiger partial charge in [-0.15, -0.1) is 0 Å². The highest BCUT2D eigenvalue weighted by Crippen LogP contribution is 2.32. The van der Waals surface area contributed by atoms with Gasteiger partial charge in [-0.1, -0.05) is 12.1 Å². The Kier molecular flexibility index (Phi) is 5.51. The summed E-state index contributed by atoms with van der Waals surface area (Å²) in [5.74, 6) is 2.37. The van der Waals surface area contributed by atoms with E-state index >= 15 is 0 Å². The summed E-state index contributed by atoms with van der Waals surface area (Å²) in [6, 6.07) is 6.79. The summed E-state index contributed by atoms with van der Waals surface area (Å²) >= 11 is 0. The number of rotatable bonds is 7. The maximum absolute atomic E-state index is 12.3. The van der Waals surface area contributed by atoms with Crippen LogP contribution >= 0.6 is 0 Å². The van der Waals surface area contributed by atoms with Gasteiger partial charge in [0.15, 0.2) is 21.5 Å². The fourth-order valence-electron chi connectivity index (χ4n) is 3.74. The maximum atomic E-state index is 12.3. The average molecular weight is 455 g/mol. The van der Waals surface area contributed by atoms with Crippen LogP contribution in [0.5, 0.6) is 0 Å². The third kappa shape index (κ3) is 4.44. The second-order valence-electron chi connectivity index (χ2n) is 8.25. The first-order valence-electron chi connectivity index (χ1n) is 10.8. The van der Waals surface area contributed by atoms with Crippen LogP contribution in [0.2, 0.25) is 0 Å². The van der Waals surface area contributed by atoms with Gasteiger partial charge < -0.3 is 20.9 Å². The van der Waals surface area contributed by atoms with E-state index in [1.807, 2.05) is 0 Å². The number of hydrogen-bond donors (Lipinski definition) is 3. The van der Waals surface area contributed by atoms with Crippen molar-refractivity contribution in [2.24, 2.45) is 5.92 Å². The van der Waals surface area contributed by atoms with E-state index in [0.29, 0.717) is 40.2 Å². The quantitative estimate of drug-likeness (QED) is 0.486. The summed E-state index contributed by atoms with van der Waals surface area (Å²) in [4.78, 5) is 20.8. The topological polar surface area (TPSA) is 125 Å². The third-order valence-corrected chi connectivity index (χ3v) is 6.82. The van der Waals surface area contributed by atoms with Crippen LogP contribution in [-0.4, -0.2) is 67.3 Å². The van der Waals surface area contributed by atoms with Crippen LogP contribution in [0.4, 0.5) is 23.3 Å². The van der Waals surface area contributed by atoms with Crippen molar-refractivity contribution in [1.82, 2.24) is 25.3 Å². The van der Waals surface area contributed by atoms with Crippen molar-refractivity contribution in [3.63, 3.8) is 0 Å². The Balaban J connectivity index is 1.61. The zero-order chi connectivity index (χ0) is 22.1. The minimum absolute atomic E-state index is 0.205. The van der Waals surface area contributed by atoms with Crippen LogP contribution in [0.15, 0.2) is 35.5 Å². The molecule has 2 fully saturated rings. The molecule has 1 saturated carbocycles. The molecule has 5 rings (SSSR count). The van der Waals surface area contributed by atoms with Crippen LogP contribution in [0, 0.1) is 5.92 Å². The Bertz CT molecular complexity index is 1240. The fourth-order valence-corrected chi connectivity index (χ4v) is 4.59. The molecule has 0 amide bonds. The molecule has 1 aliphatic carbocycles. The lowest BCUT2D eigenvalue weighted by Crippen LogP contribution is -2.44. The normalized spacial score (nSPS) is 16.8. The van der Waals surface area contributed by atoms with Crippen molar-refractivity contribution in [3.05, 3.63) is 30.6 Å². The Labute approximate surface area is 186 Å². The summed E-state index contributed by atoms with van der Waals surface area (Å²) in [6.07, 6.45) is 5.14. The Hall–Kier alpha value is -3.05. The molecule has 0 radical (unpaired) electrons. The lowest BCUT2D eigenvalue weighted by atomic mass is 10.3. The molecule has 1 aromatic carbocycles. The first kappa shape index (κ1) is 20.8. The van der Waals surface area contributed by atoms with E-state index in [2.05, 4.69) is 30.8 Å². The van der Waals surface area contributed by atoms with Crippen LogP contribution in [0.1, 0.15) is 12.8 Å². The molecule has 2 aliphatic rings. The summed E-state index contributed by atoms with van der Waals surface area (Å²) in [5, 5.41) is 9.96. The van der Waals surface area contributed by atoms with Crippen molar-refractivity contribution in [2.45, 2.75) is 17.7 Å². The van der Waals surface area contributed by atoms with Crippen LogP contribution in [-0.2, 0) is 9.84 Å². The number of nitrogens with zero attached hydrogens (tertiary/aromatic N) is 5. The van der Waals surface area contributed by atoms with E-state index in [0.717, 1.165) is 32.7 Å². The molecular weight excluding hydrogens is 428 g/mol. The van der Waals surface area contributed by atoms with Gasteiger partial charge in [-0.05, 0) is 30.9 Å². The average Bonchev–Trinajstić information content (AvgIpc) is 3.62. The number of anilines is 4. The van der Waals surface area contributed by atoms with E-state index in [-0.39, 0.29) is 4.90 Å². The summed E-state index contributed by atoms with van der Waals surface area (Å²) in [6.45, 7) is 4.10. The summed E-state index contributed by atoms with van der Waals surface area (Å²) in [5.41, 5.74) is 1.61. The first-order valence-corrected chi connectivity index (χ1v) is 12.7. The second kappa shape index (κ2) is 8.47. The highest BCUT2D eigenvalue weighted by atomic mass is 32.2. The molecule has 10 nitrogen and oxygen atoms in total. The molecular formula is C21H26N8O2S. The van der Waals surface area contributed by atoms with Crippen molar-refractivity contribution in [2.75, 3.05) is 54.5 Å². The standard InChI is InChI=1S/C21H26N8O2S/c1-32(30,31)16-5-3-2-4-15(16)26-20-17-18(19(25-13-24-17)23-12-14-6-7-14)27-21(28-20)29-10-8-22-9-11-29/h2-5,13-14,22H,6-12H2,1H3,(H,23,24,25)(H,26,27,28). The zero-order valence-electron chi connectivity index (χ0n) is 17.9. The van der Waals surface area contributed by atoms with Gasteiger partial charge in [0.1, 0.15) is 17.4 Å². The van der Waals surface area contributed by atoms with Crippen molar-refractivity contribution in [1.29, 1.82) is 0 Å². The SMILES string of the molecule is CS(=O)(=O)c1ccccc1Nc1nc(N2CCNCC2)nc2c(NCC3CC3)ncnc12. The molecule has 168 valence electrons. The highest BCUT2D eigenvalue weighted by molar-refractivity contribution is 7.90. The molecule has 0 atom stereocenters. The predicted molar refractivity (Wildman–Crippen MR) is 124 cm³/mol. The number of benzene rings is 1. The number of fused-ring (bicyclic) bond motifs is 1. The summed E-state index contributed by atoms with van der Waals surface area (Å²) in [7, 11) is -3.43. The number of piperazine rings is 1. The van der Waals surface area contributed by atoms with Gasteiger partial charge in [0.25, 0.3) is 0 Å². The number of para-hydroxylation sites is 1.